The smallest absolute Gasteiger partial charge is 0.353 e. The standard InChI is InChI=1S/C5H7NO4.C2H4O3S/c1-2-3(7)6-4(8)5(9)10;1-2-6(3,4)5/h2,4,8H,1H2,(H,6,7)(H,9,10);2H,1H2,(H,3,4,5). The van der Waals surface area contributed by atoms with Gasteiger partial charge < -0.3 is 15.5 Å². The van der Waals surface area contributed by atoms with Gasteiger partial charge in [-0.25, -0.2) is 4.79 Å². The van der Waals surface area contributed by atoms with Gasteiger partial charge in [-0.05, 0) is 6.08 Å². The predicted molar refractivity (Wildman–Crippen MR) is 53.7 cm³/mol. The predicted octanol–water partition coefficient (Wildman–Crippen LogP) is -1.29. The average Bonchev–Trinajstić information content (AvgIpc) is 2.17. The number of nitrogens with one attached hydrogen (secondary N) is 1. The van der Waals surface area contributed by atoms with Crippen LogP contribution in [-0.2, 0) is 19.7 Å². The van der Waals surface area contributed by atoms with Crippen molar-refractivity contribution in [3.05, 3.63) is 24.6 Å². The van der Waals surface area contributed by atoms with Gasteiger partial charge in [0.05, 0.1) is 5.41 Å². The van der Waals surface area contributed by atoms with E-state index >= 15 is 0 Å². The molecular weight excluding hydrogens is 242 g/mol. The number of aliphatic hydroxyl groups excluding tert-OH is 1. The molecule has 0 aromatic rings. The number of carboxylic acids is 1. The zero-order chi connectivity index (χ0) is 13.4. The minimum atomic E-state index is -3.90. The largest absolute Gasteiger partial charge is 0.478 e. The Morgan fingerprint density at radius 3 is 1.88 bits per heavy atom. The van der Waals surface area contributed by atoms with Crippen molar-refractivity contribution in [2.45, 2.75) is 6.23 Å². The summed E-state index contributed by atoms with van der Waals surface area (Å²) in [5.41, 5.74) is 0. The van der Waals surface area contributed by atoms with Gasteiger partial charge in [0.1, 0.15) is 0 Å². The van der Waals surface area contributed by atoms with Crippen LogP contribution < -0.4 is 5.32 Å². The van der Waals surface area contributed by atoms with Crippen molar-refractivity contribution in [3.63, 3.8) is 0 Å². The monoisotopic (exact) mass is 253 g/mol. The third-order valence-electron chi connectivity index (χ3n) is 0.909. The molecule has 4 N–H and O–H groups in total. The first kappa shape index (κ1) is 16.7. The molecule has 0 aliphatic heterocycles. The van der Waals surface area contributed by atoms with Crippen LogP contribution in [0.2, 0.25) is 0 Å². The number of hydrogen-bond donors (Lipinski definition) is 4. The second-order valence-electron chi connectivity index (χ2n) is 2.14. The lowest BCUT2D eigenvalue weighted by atomic mass is 10.5. The number of carbonyl (C=O) groups excluding carboxylic acids is 1. The highest BCUT2D eigenvalue weighted by Crippen LogP contribution is 1.76. The minimum Gasteiger partial charge on any atom is -0.478 e. The molecule has 92 valence electrons. The molecular formula is C7H11NO7S. The first-order chi connectivity index (χ1) is 7.14. The van der Waals surface area contributed by atoms with Crippen LogP contribution in [0.3, 0.4) is 0 Å². The van der Waals surface area contributed by atoms with Crippen LogP contribution >= 0.6 is 0 Å². The van der Waals surface area contributed by atoms with E-state index in [0.717, 1.165) is 6.08 Å². The summed E-state index contributed by atoms with van der Waals surface area (Å²) in [5.74, 6) is -2.23. The molecule has 0 bridgehead atoms. The Morgan fingerprint density at radius 2 is 1.69 bits per heavy atom. The molecule has 0 aliphatic carbocycles. The SMILES string of the molecule is C=CC(=O)NC(O)C(=O)O.C=CS(=O)(=O)O. The maximum absolute atomic E-state index is 10.3. The molecule has 0 heterocycles. The summed E-state index contributed by atoms with van der Waals surface area (Å²) in [7, 11) is -3.90. The number of rotatable bonds is 4. The molecule has 0 fully saturated rings. The lowest BCUT2D eigenvalue weighted by molar-refractivity contribution is -0.150. The lowest BCUT2D eigenvalue weighted by Crippen LogP contribution is -2.39. The zero-order valence-corrected chi connectivity index (χ0v) is 8.85. The van der Waals surface area contributed by atoms with Gasteiger partial charge in [-0.2, -0.15) is 8.42 Å². The molecule has 0 aromatic heterocycles. The molecule has 0 aromatic carbocycles. The van der Waals surface area contributed by atoms with Crippen LogP contribution in [0.25, 0.3) is 0 Å². The van der Waals surface area contributed by atoms with E-state index in [1.807, 2.05) is 0 Å². The van der Waals surface area contributed by atoms with Crippen LogP contribution in [0.4, 0.5) is 0 Å². The van der Waals surface area contributed by atoms with Crippen molar-refractivity contribution in [2.24, 2.45) is 0 Å². The lowest BCUT2D eigenvalue weighted by Gasteiger charge is -2.03. The molecule has 0 saturated carbocycles. The fourth-order valence-corrected chi connectivity index (χ4v) is 0.255. The summed E-state index contributed by atoms with van der Waals surface area (Å²) in [6.45, 7) is 5.85. The van der Waals surface area contributed by atoms with Crippen LogP contribution in [0.15, 0.2) is 24.6 Å². The number of carbonyl (C=O) groups is 2. The van der Waals surface area contributed by atoms with E-state index in [-0.39, 0.29) is 0 Å². The maximum atomic E-state index is 10.3. The quantitative estimate of drug-likeness (QED) is 0.277. The topological polar surface area (TPSA) is 141 Å². The molecule has 0 radical (unpaired) electrons. The fourth-order valence-electron chi connectivity index (χ4n) is 0.255. The highest BCUT2D eigenvalue weighted by molar-refractivity contribution is 7.88. The van der Waals surface area contributed by atoms with E-state index in [0.29, 0.717) is 5.41 Å². The van der Waals surface area contributed by atoms with Gasteiger partial charge in [0.15, 0.2) is 0 Å². The van der Waals surface area contributed by atoms with E-state index in [1.165, 1.54) is 0 Å². The van der Waals surface area contributed by atoms with Gasteiger partial charge in [0, 0.05) is 0 Å². The summed E-state index contributed by atoms with van der Waals surface area (Å²) in [5, 5.41) is 18.7. The number of amides is 1. The van der Waals surface area contributed by atoms with Crippen LogP contribution in [-0.4, -0.2) is 41.3 Å². The molecule has 0 aliphatic rings. The molecule has 1 unspecified atom stereocenters. The molecule has 0 saturated heterocycles. The molecule has 8 nitrogen and oxygen atoms in total. The molecule has 0 spiro atoms. The van der Waals surface area contributed by atoms with E-state index in [9.17, 15) is 18.0 Å². The van der Waals surface area contributed by atoms with Crippen molar-refractivity contribution < 1.29 is 32.8 Å². The van der Waals surface area contributed by atoms with Crippen LogP contribution in [0.1, 0.15) is 0 Å². The van der Waals surface area contributed by atoms with E-state index in [4.69, 9.17) is 14.8 Å². The Kier molecular flexibility index (Phi) is 7.90. The summed E-state index contributed by atoms with van der Waals surface area (Å²) < 4.78 is 26.6. The van der Waals surface area contributed by atoms with Gasteiger partial charge in [-0.1, -0.05) is 13.2 Å². The molecule has 1 atom stereocenters. The fraction of sp³-hybridized carbons (Fsp3) is 0.143. The van der Waals surface area contributed by atoms with Crippen molar-refractivity contribution in [2.75, 3.05) is 0 Å². The first-order valence-electron chi connectivity index (χ1n) is 3.57. The highest BCUT2D eigenvalue weighted by Gasteiger charge is 2.13. The van der Waals surface area contributed by atoms with Crippen molar-refractivity contribution in [3.8, 4) is 0 Å². The molecule has 9 heteroatoms. The number of carboxylic acid groups (broad SMARTS) is 1. The summed E-state index contributed by atoms with van der Waals surface area (Å²) in [4.78, 5) is 20.1. The number of hydrogen-bond acceptors (Lipinski definition) is 5. The normalized spacial score (nSPS) is 11.4. The summed E-state index contributed by atoms with van der Waals surface area (Å²) >= 11 is 0. The third-order valence-corrected chi connectivity index (χ3v) is 1.33. The van der Waals surface area contributed by atoms with Crippen LogP contribution in [0.5, 0.6) is 0 Å². The number of aliphatic carboxylic acids is 1. The Balaban J connectivity index is 0. The van der Waals surface area contributed by atoms with Gasteiger partial charge in [0.2, 0.25) is 12.1 Å². The van der Waals surface area contributed by atoms with Gasteiger partial charge in [-0.3, -0.25) is 9.35 Å². The van der Waals surface area contributed by atoms with E-state index in [1.54, 1.807) is 5.32 Å². The molecule has 16 heavy (non-hydrogen) atoms. The van der Waals surface area contributed by atoms with Crippen molar-refractivity contribution in [1.29, 1.82) is 0 Å². The number of aliphatic hydroxyl groups is 1. The Bertz CT molecular complexity index is 361. The minimum absolute atomic E-state index is 0.465. The van der Waals surface area contributed by atoms with Crippen molar-refractivity contribution >= 4 is 22.0 Å². The highest BCUT2D eigenvalue weighted by atomic mass is 32.2. The first-order valence-corrected chi connectivity index (χ1v) is 5.08. The molecule has 0 rings (SSSR count). The summed E-state index contributed by atoms with van der Waals surface area (Å²) in [6.07, 6.45) is -0.989. The van der Waals surface area contributed by atoms with Gasteiger partial charge in [0.25, 0.3) is 10.1 Å². The average molecular weight is 253 g/mol. The second kappa shape index (κ2) is 7.56. The second-order valence-corrected chi connectivity index (χ2v) is 3.50. The Labute approximate surface area is 91.6 Å². The third kappa shape index (κ3) is 12.3. The summed E-state index contributed by atoms with van der Waals surface area (Å²) in [6, 6.07) is 0. The van der Waals surface area contributed by atoms with Gasteiger partial charge >= 0.3 is 5.97 Å². The maximum Gasteiger partial charge on any atom is 0.353 e. The van der Waals surface area contributed by atoms with E-state index < -0.39 is 28.2 Å². The van der Waals surface area contributed by atoms with E-state index in [2.05, 4.69) is 13.2 Å². The Morgan fingerprint density at radius 1 is 1.31 bits per heavy atom. The molecule has 1 amide bonds. The zero-order valence-electron chi connectivity index (χ0n) is 8.03. The Hall–Kier alpha value is -1.71. The van der Waals surface area contributed by atoms with Crippen LogP contribution in [0, 0.1) is 0 Å². The van der Waals surface area contributed by atoms with Crippen molar-refractivity contribution in [1.82, 2.24) is 5.32 Å². The van der Waals surface area contributed by atoms with Gasteiger partial charge in [-0.15, -0.1) is 0 Å².